The Kier molecular flexibility index (Phi) is 5.66. The first-order chi connectivity index (χ1) is 16.1. The molecule has 0 fully saturated rings. The number of hydrogen-bond donors (Lipinski definition) is 2. The molecule has 9 heteroatoms. The highest BCUT2D eigenvalue weighted by Gasteiger charge is 2.18. The van der Waals surface area contributed by atoms with E-state index in [9.17, 15) is 4.79 Å². The molecule has 1 aliphatic rings. The lowest BCUT2D eigenvalue weighted by Gasteiger charge is -2.14. The van der Waals surface area contributed by atoms with Crippen LogP contribution >= 0.6 is 11.6 Å². The van der Waals surface area contributed by atoms with E-state index >= 15 is 0 Å². The number of carbonyl (C=O) groups excluding carboxylic acids is 1. The number of anilines is 4. The molecule has 2 aromatic heterocycles. The second kappa shape index (κ2) is 8.91. The molecular weight excluding hydrogens is 438 g/mol. The maximum Gasteiger partial charge on any atom is 0.229 e. The summed E-state index contributed by atoms with van der Waals surface area (Å²) in [5, 5.41) is 11.2. The van der Waals surface area contributed by atoms with Gasteiger partial charge in [-0.3, -0.25) is 4.79 Å². The van der Waals surface area contributed by atoms with Gasteiger partial charge >= 0.3 is 0 Å². The molecule has 166 valence electrons. The highest BCUT2D eigenvalue weighted by Crippen LogP contribution is 2.29. The molecule has 2 aromatic carbocycles. The van der Waals surface area contributed by atoms with Crippen LogP contribution < -0.4 is 10.6 Å². The molecule has 0 saturated carbocycles. The number of para-hydroxylation sites is 2. The van der Waals surface area contributed by atoms with E-state index < -0.39 is 0 Å². The number of likely N-dealkylation sites (N-methyl/N-ethyl adjacent to an activating group) is 1. The summed E-state index contributed by atoms with van der Waals surface area (Å²) >= 11 is 6.39. The summed E-state index contributed by atoms with van der Waals surface area (Å²) in [5.41, 5.74) is 4.70. The van der Waals surface area contributed by atoms with Crippen molar-refractivity contribution < 1.29 is 4.79 Å². The number of halogens is 1. The molecule has 0 bridgehead atoms. The molecule has 0 unspecified atom stereocenters. The summed E-state index contributed by atoms with van der Waals surface area (Å²) in [5.74, 6) is 0.992. The quantitative estimate of drug-likeness (QED) is 0.461. The average molecular weight is 460 g/mol. The topological polar surface area (TPSA) is 88.0 Å². The zero-order chi connectivity index (χ0) is 22.8. The van der Waals surface area contributed by atoms with E-state index in [1.165, 1.54) is 5.56 Å². The Morgan fingerprint density at radius 1 is 1.06 bits per heavy atom. The molecule has 4 aromatic rings. The van der Waals surface area contributed by atoms with Crippen molar-refractivity contribution in [2.45, 2.75) is 12.8 Å². The van der Waals surface area contributed by atoms with Crippen LogP contribution in [0.15, 0.2) is 67.1 Å². The highest BCUT2D eigenvalue weighted by atomic mass is 35.5. The van der Waals surface area contributed by atoms with Gasteiger partial charge in [-0.1, -0.05) is 29.8 Å². The number of rotatable bonds is 5. The molecule has 0 atom stereocenters. The van der Waals surface area contributed by atoms with Crippen molar-refractivity contribution in [1.82, 2.24) is 24.6 Å². The minimum Gasteiger partial charge on any atom is -0.345 e. The normalized spacial score (nSPS) is 13.4. The van der Waals surface area contributed by atoms with Crippen LogP contribution in [0.1, 0.15) is 11.1 Å². The van der Waals surface area contributed by atoms with Crippen LogP contribution in [0.25, 0.3) is 5.69 Å². The number of aromatic nitrogens is 4. The van der Waals surface area contributed by atoms with Crippen molar-refractivity contribution in [2.24, 2.45) is 0 Å². The van der Waals surface area contributed by atoms with Gasteiger partial charge in [0.1, 0.15) is 5.02 Å². The van der Waals surface area contributed by atoms with E-state index in [2.05, 4.69) is 31.8 Å². The molecule has 0 radical (unpaired) electrons. The van der Waals surface area contributed by atoms with Gasteiger partial charge in [0.2, 0.25) is 11.9 Å². The van der Waals surface area contributed by atoms with Crippen LogP contribution in [-0.4, -0.2) is 44.1 Å². The van der Waals surface area contributed by atoms with E-state index in [1.807, 2.05) is 55.7 Å². The summed E-state index contributed by atoms with van der Waals surface area (Å²) in [4.78, 5) is 22.9. The van der Waals surface area contributed by atoms with Gasteiger partial charge in [-0.2, -0.15) is 10.1 Å². The van der Waals surface area contributed by atoms with Gasteiger partial charge in [0.15, 0.2) is 5.82 Å². The lowest BCUT2D eigenvalue weighted by molar-refractivity contribution is -0.128. The summed E-state index contributed by atoms with van der Waals surface area (Å²) in [7, 11) is 1.84. The monoisotopic (exact) mass is 459 g/mol. The SMILES string of the molecule is CN1CCc2ccc(Nc3ncc(Cl)c(Nc4ccccc4-n4cccn4)n3)cc2CC1=O. The number of nitrogens with one attached hydrogen (secondary N) is 2. The molecule has 5 rings (SSSR count). The molecule has 0 spiro atoms. The van der Waals surface area contributed by atoms with Crippen molar-refractivity contribution in [2.75, 3.05) is 24.2 Å². The minimum atomic E-state index is 0.121. The van der Waals surface area contributed by atoms with Gasteiger partial charge in [-0.05, 0) is 47.9 Å². The van der Waals surface area contributed by atoms with Crippen LogP contribution in [0.3, 0.4) is 0 Å². The van der Waals surface area contributed by atoms with E-state index in [0.717, 1.165) is 35.6 Å². The van der Waals surface area contributed by atoms with Crippen molar-refractivity contribution in [1.29, 1.82) is 0 Å². The van der Waals surface area contributed by atoms with E-state index in [1.54, 1.807) is 22.0 Å². The van der Waals surface area contributed by atoms with Crippen LogP contribution in [-0.2, 0) is 17.6 Å². The summed E-state index contributed by atoms with van der Waals surface area (Å²) < 4.78 is 1.77. The molecule has 33 heavy (non-hydrogen) atoms. The lowest BCUT2D eigenvalue weighted by Crippen LogP contribution is -2.27. The Balaban J connectivity index is 1.40. The molecular formula is C24H22ClN7O. The molecule has 2 N–H and O–H groups in total. The highest BCUT2D eigenvalue weighted by molar-refractivity contribution is 6.33. The van der Waals surface area contributed by atoms with Gasteiger partial charge in [-0.25, -0.2) is 9.67 Å². The van der Waals surface area contributed by atoms with Gasteiger partial charge in [0.05, 0.1) is 24.0 Å². The maximum atomic E-state index is 12.3. The molecule has 0 saturated heterocycles. The molecule has 8 nitrogen and oxygen atoms in total. The standard InChI is InChI=1S/C24H22ClN7O/c1-31-12-9-16-7-8-18(13-17(16)14-22(31)33)28-24-26-15-19(25)23(30-24)29-20-5-2-3-6-21(20)32-11-4-10-27-32/h2-8,10-11,13,15H,9,12,14H2,1H3,(H2,26,28,29,30). The Bertz CT molecular complexity index is 1310. The number of hydrogen-bond acceptors (Lipinski definition) is 6. The zero-order valence-corrected chi connectivity index (χ0v) is 18.8. The number of benzene rings is 2. The van der Waals surface area contributed by atoms with Crippen LogP contribution in [0.2, 0.25) is 5.02 Å². The minimum absolute atomic E-state index is 0.121. The van der Waals surface area contributed by atoms with E-state index in [4.69, 9.17) is 11.6 Å². The van der Waals surface area contributed by atoms with Crippen molar-refractivity contribution in [3.8, 4) is 5.69 Å². The Labute approximate surface area is 196 Å². The van der Waals surface area contributed by atoms with Crippen LogP contribution in [0, 0.1) is 0 Å². The third-order valence-corrected chi connectivity index (χ3v) is 5.88. The van der Waals surface area contributed by atoms with Crippen molar-refractivity contribution >= 4 is 40.6 Å². The van der Waals surface area contributed by atoms with Gasteiger partial charge in [0.25, 0.3) is 0 Å². The average Bonchev–Trinajstić information content (AvgIpc) is 3.31. The fraction of sp³-hybridized carbons (Fsp3) is 0.167. The first-order valence-corrected chi connectivity index (χ1v) is 11.0. The Morgan fingerprint density at radius 3 is 2.79 bits per heavy atom. The predicted octanol–water partition coefficient (Wildman–Crippen LogP) is 4.36. The van der Waals surface area contributed by atoms with Crippen LogP contribution in [0.5, 0.6) is 0 Å². The number of fused-ring (bicyclic) bond motifs is 1. The summed E-state index contributed by atoms with van der Waals surface area (Å²) in [6.07, 6.45) is 6.38. The number of nitrogens with zero attached hydrogens (tertiary/aromatic N) is 5. The second-order valence-corrected chi connectivity index (χ2v) is 8.24. The molecule has 1 amide bonds. The van der Waals surface area contributed by atoms with Crippen molar-refractivity contribution in [3.63, 3.8) is 0 Å². The third kappa shape index (κ3) is 4.51. The van der Waals surface area contributed by atoms with Gasteiger partial charge in [-0.15, -0.1) is 0 Å². The zero-order valence-electron chi connectivity index (χ0n) is 18.0. The first-order valence-electron chi connectivity index (χ1n) is 10.6. The lowest BCUT2D eigenvalue weighted by atomic mass is 10.0. The smallest absolute Gasteiger partial charge is 0.229 e. The third-order valence-electron chi connectivity index (χ3n) is 5.60. The summed E-state index contributed by atoms with van der Waals surface area (Å²) in [6, 6.07) is 15.6. The largest absolute Gasteiger partial charge is 0.345 e. The number of carbonyl (C=O) groups is 1. The summed E-state index contributed by atoms with van der Waals surface area (Å²) in [6.45, 7) is 0.730. The van der Waals surface area contributed by atoms with E-state index in [-0.39, 0.29) is 5.91 Å². The van der Waals surface area contributed by atoms with Crippen LogP contribution in [0.4, 0.5) is 23.1 Å². The molecule has 3 heterocycles. The second-order valence-electron chi connectivity index (χ2n) is 7.83. The Hall–Kier alpha value is -3.91. The first kappa shape index (κ1) is 21.0. The Morgan fingerprint density at radius 2 is 1.94 bits per heavy atom. The fourth-order valence-electron chi connectivity index (χ4n) is 3.78. The molecule has 0 aliphatic carbocycles. The predicted molar refractivity (Wildman–Crippen MR) is 129 cm³/mol. The van der Waals surface area contributed by atoms with Gasteiger partial charge in [0, 0.05) is 31.7 Å². The fourth-order valence-corrected chi connectivity index (χ4v) is 3.92. The molecule has 1 aliphatic heterocycles. The van der Waals surface area contributed by atoms with Crippen molar-refractivity contribution in [3.05, 3.63) is 83.3 Å². The maximum absolute atomic E-state index is 12.3. The number of amides is 1. The van der Waals surface area contributed by atoms with Gasteiger partial charge < -0.3 is 15.5 Å². The van der Waals surface area contributed by atoms with E-state index in [0.29, 0.717) is 23.2 Å².